The maximum atomic E-state index is 12.5. The van der Waals surface area contributed by atoms with Crippen molar-refractivity contribution in [3.8, 4) is 11.5 Å². The third kappa shape index (κ3) is 5.51. The van der Waals surface area contributed by atoms with Gasteiger partial charge in [-0.2, -0.15) is 0 Å². The maximum Gasteiger partial charge on any atom is 0.287 e. The van der Waals surface area contributed by atoms with Crippen LogP contribution in [0.2, 0.25) is 0 Å². The molecule has 30 heavy (non-hydrogen) atoms. The molecular formula is C23H25NO5S. The molecule has 7 heteroatoms. The van der Waals surface area contributed by atoms with Gasteiger partial charge in [0.05, 0.1) is 30.8 Å². The highest BCUT2D eigenvalue weighted by Crippen LogP contribution is 2.24. The van der Waals surface area contributed by atoms with Gasteiger partial charge in [0.2, 0.25) is 0 Å². The minimum Gasteiger partial charge on any atom is -0.497 e. The summed E-state index contributed by atoms with van der Waals surface area (Å²) in [7, 11) is 1.97. The molecule has 1 heterocycles. The van der Waals surface area contributed by atoms with Gasteiger partial charge in [0.15, 0.2) is 5.76 Å². The lowest BCUT2D eigenvalue weighted by Crippen LogP contribution is -2.25. The van der Waals surface area contributed by atoms with Gasteiger partial charge in [-0.1, -0.05) is 18.2 Å². The molecule has 0 radical (unpaired) electrons. The van der Waals surface area contributed by atoms with Crippen molar-refractivity contribution in [2.24, 2.45) is 0 Å². The summed E-state index contributed by atoms with van der Waals surface area (Å²) in [6, 6.07) is 16.4. The lowest BCUT2D eigenvalue weighted by molar-refractivity contribution is 0.0925. The van der Waals surface area contributed by atoms with E-state index in [0.29, 0.717) is 30.2 Å². The van der Waals surface area contributed by atoms with Crippen molar-refractivity contribution < 1.29 is 22.9 Å². The van der Waals surface area contributed by atoms with Gasteiger partial charge in [-0.25, -0.2) is 0 Å². The first-order valence-electron chi connectivity index (χ1n) is 9.53. The highest BCUT2D eigenvalue weighted by Gasteiger charge is 2.14. The number of hydrogen-bond donors (Lipinski definition) is 1. The second-order valence-corrected chi connectivity index (χ2v) is 8.21. The van der Waals surface area contributed by atoms with Crippen molar-refractivity contribution in [2.45, 2.75) is 24.0 Å². The van der Waals surface area contributed by atoms with Crippen LogP contribution in [0.4, 0.5) is 0 Å². The minimum atomic E-state index is -1.23. The monoisotopic (exact) mass is 427 g/mol. The van der Waals surface area contributed by atoms with Gasteiger partial charge in [-0.3, -0.25) is 9.00 Å². The van der Waals surface area contributed by atoms with E-state index in [1.165, 1.54) is 0 Å². The normalized spacial score (nSPS) is 11.7. The second kappa shape index (κ2) is 10.1. The minimum absolute atomic E-state index is 0.202. The van der Waals surface area contributed by atoms with Gasteiger partial charge in [-0.05, 0) is 54.8 Å². The Balaban J connectivity index is 1.54. The molecule has 0 fully saturated rings. The molecule has 0 aliphatic heterocycles. The molecule has 158 valence electrons. The number of nitrogens with one attached hydrogen (secondary N) is 1. The molecule has 1 aromatic heterocycles. The van der Waals surface area contributed by atoms with Crippen LogP contribution in [-0.4, -0.2) is 30.9 Å². The van der Waals surface area contributed by atoms with E-state index in [1.54, 1.807) is 26.4 Å². The fourth-order valence-electron chi connectivity index (χ4n) is 3.00. The summed E-state index contributed by atoms with van der Waals surface area (Å²) in [6.07, 6.45) is 0.601. The van der Waals surface area contributed by atoms with Gasteiger partial charge in [0.25, 0.3) is 5.91 Å². The summed E-state index contributed by atoms with van der Waals surface area (Å²) in [6.45, 7) is 2.38. The lowest BCUT2D eigenvalue weighted by Gasteiger charge is -2.10. The van der Waals surface area contributed by atoms with Gasteiger partial charge in [-0.15, -0.1) is 0 Å². The number of benzene rings is 2. The SMILES string of the molecule is COc1ccc(CCNC(=O)c2ccc(C[S@@](=O)c3cccc(C)c3)o2)c(OC)c1. The molecule has 3 aromatic rings. The van der Waals surface area contributed by atoms with Crippen LogP contribution in [-0.2, 0) is 23.0 Å². The molecule has 3 rings (SSSR count). The Kier molecular flexibility index (Phi) is 7.30. The molecule has 0 saturated carbocycles. The second-order valence-electron chi connectivity index (χ2n) is 6.76. The number of carbonyl (C=O) groups is 1. The molecule has 0 unspecified atom stereocenters. The highest BCUT2D eigenvalue weighted by atomic mass is 32.2. The van der Waals surface area contributed by atoms with Gasteiger partial charge in [0.1, 0.15) is 17.3 Å². The van der Waals surface area contributed by atoms with Crippen LogP contribution in [0.1, 0.15) is 27.4 Å². The third-order valence-electron chi connectivity index (χ3n) is 4.59. The molecule has 0 aliphatic carbocycles. The number of rotatable bonds is 9. The fraction of sp³-hybridized carbons (Fsp3) is 0.261. The van der Waals surface area contributed by atoms with Crippen LogP contribution in [0.5, 0.6) is 11.5 Å². The molecular weight excluding hydrogens is 402 g/mol. The molecule has 1 atom stereocenters. The molecule has 1 N–H and O–H groups in total. The zero-order chi connectivity index (χ0) is 21.5. The van der Waals surface area contributed by atoms with Gasteiger partial charge in [0, 0.05) is 17.5 Å². The van der Waals surface area contributed by atoms with Crippen LogP contribution < -0.4 is 14.8 Å². The van der Waals surface area contributed by atoms with E-state index in [-0.39, 0.29) is 17.4 Å². The summed E-state index contributed by atoms with van der Waals surface area (Å²) >= 11 is 0. The van der Waals surface area contributed by atoms with E-state index in [4.69, 9.17) is 13.9 Å². The molecule has 0 spiro atoms. The molecule has 6 nitrogen and oxygen atoms in total. The Labute approximate surface area is 178 Å². The quantitative estimate of drug-likeness (QED) is 0.561. The van der Waals surface area contributed by atoms with Crippen molar-refractivity contribution in [2.75, 3.05) is 20.8 Å². The van der Waals surface area contributed by atoms with E-state index in [2.05, 4.69) is 5.32 Å². The van der Waals surface area contributed by atoms with Crippen molar-refractivity contribution in [3.63, 3.8) is 0 Å². The van der Waals surface area contributed by atoms with Crippen molar-refractivity contribution in [1.29, 1.82) is 0 Å². The highest BCUT2D eigenvalue weighted by molar-refractivity contribution is 7.84. The predicted octanol–water partition coefficient (Wildman–Crippen LogP) is 3.89. The summed E-state index contributed by atoms with van der Waals surface area (Å²) in [5.74, 6) is 2.05. The zero-order valence-electron chi connectivity index (χ0n) is 17.3. The van der Waals surface area contributed by atoms with E-state index >= 15 is 0 Å². The fourth-order valence-corrected chi connectivity index (χ4v) is 4.13. The predicted molar refractivity (Wildman–Crippen MR) is 116 cm³/mol. The van der Waals surface area contributed by atoms with Crippen LogP contribution in [0.25, 0.3) is 0 Å². The Bertz CT molecular complexity index is 1040. The number of hydrogen-bond acceptors (Lipinski definition) is 5. The summed E-state index contributed by atoms with van der Waals surface area (Å²) < 4.78 is 28.7. The number of aryl methyl sites for hydroxylation is 1. The summed E-state index contributed by atoms with van der Waals surface area (Å²) in [5, 5.41) is 2.84. The maximum absolute atomic E-state index is 12.5. The Morgan fingerprint density at radius 1 is 1.07 bits per heavy atom. The molecule has 1 amide bonds. The first-order valence-corrected chi connectivity index (χ1v) is 10.8. The molecule has 0 saturated heterocycles. The van der Waals surface area contributed by atoms with Crippen molar-refractivity contribution in [1.82, 2.24) is 5.32 Å². The average molecular weight is 428 g/mol. The van der Waals surface area contributed by atoms with Crippen LogP contribution >= 0.6 is 0 Å². The van der Waals surface area contributed by atoms with Crippen LogP contribution in [0, 0.1) is 6.92 Å². The smallest absolute Gasteiger partial charge is 0.287 e. The van der Waals surface area contributed by atoms with Gasteiger partial charge < -0.3 is 19.2 Å². The van der Waals surface area contributed by atoms with Gasteiger partial charge >= 0.3 is 0 Å². The van der Waals surface area contributed by atoms with E-state index in [1.807, 2.05) is 49.4 Å². The number of amides is 1. The Morgan fingerprint density at radius 3 is 2.63 bits per heavy atom. The average Bonchev–Trinajstić information content (AvgIpc) is 3.22. The Morgan fingerprint density at radius 2 is 1.90 bits per heavy atom. The summed E-state index contributed by atoms with van der Waals surface area (Å²) in [5.41, 5.74) is 2.01. The molecule has 2 aromatic carbocycles. The van der Waals surface area contributed by atoms with Crippen LogP contribution in [0.15, 0.2) is 63.9 Å². The molecule has 0 aliphatic rings. The van der Waals surface area contributed by atoms with E-state index < -0.39 is 10.8 Å². The van der Waals surface area contributed by atoms with E-state index in [9.17, 15) is 9.00 Å². The lowest BCUT2D eigenvalue weighted by atomic mass is 10.1. The first kappa shape index (κ1) is 21.6. The van der Waals surface area contributed by atoms with Crippen LogP contribution in [0.3, 0.4) is 0 Å². The van der Waals surface area contributed by atoms with Crippen molar-refractivity contribution in [3.05, 3.63) is 77.2 Å². The first-order chi connectivity index (χ1) is 14.5. The number of methoxy groups -OCH3 is 2. The number of furan rings is 1. The summed E-state index contributed by atoms with van der Waals surface area (Å²) in [4.78, 5) is 13.1. The largest absolute Gasteiger partial charge is 0.497 e. The zero-order valence-corrected chi connectivity index (χ0v) is 18.1. The topological polar surface area (TPSA) is 77.8 Å². The standard InChI is InChI=1S/C23H25NO5S/c1-16-5-4-6-20(13-16)30(26)15-19-9-10-21(29-19)23(25)24-12-11-17-7-8-18(27-2)14-22(17)28-3/h4-10,13-14H,11-12,15H2,1-3H3,(H,24,25)/t30-/m1/s1. The third-order valence-corrected chi connectivity index (χ3v) is 5.91. The van der Waals surface area contributed by atoms with E-state index in [0.717, 1.165) is 16.0 Å². The molecule has 0 bridgehead atoms. The number of ether oxygens (including phenoxy) is 2. The van der Waals surface area contributed by atoms with Crippen molar-refractivity contribution >= 4 is 16.7 Å². The number of carbonyl (C=O) groups excluding carboxylic acids is 1. The Hall–Kier alpha value is -3.06.